The lowest BCUT2D eigenvalue weighted by molar-refractivity contribution is 0.0600. The maximum atomic E-state index is 12.5. The van der Waals surface area contributed by atoms with Crippen LogP contribution in [0.5, 0.6) is 0 Å². The van der Waals surface area contributed by atoms with Gasteiger partial charge >= 0.3 is 6.03 Å². The Balaban J connectivity index is 1.35. The summed E-state index contributed by atoms with van der Waals surface area (Å²) < 4.78 is 2.95. The minimum Gasteiger partial charge on any atom is -0.385 e. The van der Waals surface area contributed by atoms with Crippen molar-refractivity contribution in [1.29, 1.82) is 0 Å². The number of thiazole rings is 1. The van der Waals surface area contributed by atoms with Crippen LogP contribution in [0.1, 0.15) is 24.8 Å². The van der Waals surface area contributed by atoms with Gasteiger partial charge in [0.25, 0.3) is 0 Å². The summed E-state index contributed by atoms with van der Waals surface area (Å²) in [4.78, 5) is 22.8. The van der Waals surface area contributed by atoms with Crippen LogP contribution < -0.4 is 5.32 Å². The summed E-state index contributed by atoms with van der Waals surface area (Å²) in [6.45, 7) is 1.24. The number of urea groups is 1. The molecule has 0 radical (unpaired) electrons. The lowest BCUT2D eigenvalue weighted by atomic mass is 9.91. The van der Waals surface area contributed by atoms with Gasteiger partial charge in [0.05, 0.1) is 15.7 Å². The first kappa shape index (κ1) is 17.0. The number of rotatable bonds is 3. The summed E-state index contributed by atoms with van der Waals surface area (Å²) in [6.07, 6.45) is 4.45. The second-order valence-corrected chi connectivity index (χ2v) is 7.52. The molecule has 1 saturated heterocycles. The summed E-state index contributed by atoms with van der Waals surface area (Å²) >= 11 is 1.58. The van der Waals surface area contributed by atoms with E-state index >= 15 is 0 Å². The fraction of sp³-hybridized carbons (Fsp3) is 0.389. The summed E-state index contributed by atoms with van der Waals surface area (Å²) in [5.41, 5.74) is 3.45. The van der Waals surface area contributed by atoms with Crippen LogP contribution in [0.25, 0.3) is 10.2 Å². The number of imidazole rings is 1. The van der Waals surface area contributed by atoms with Gasteiger partial charge in [0.2, 0.25) is 0 Å². The molecule has 1 aromatic carbocycles. The third kappa shape index (κ3) is 3.30. The minimum absolute atomic E-state index is 0.107. The third-order valence-corrected chi connectivity index (χ3v) is 5.79. The number of carbonyl (C=O) groups is 1. The Morgan fingerprint density at radius 3 is 2.88 bits per heavy atom. The number of anilines is 1. The number of nitrogens with zero attached hydrogens (tertiary/aromatic N) is 4. The molecule has 3 aromatic rings. The topological polar surface area (TPSA) is 83.3 Å². The van der Waals surface area contributed by atoms with Crippen LogP contribution in [0.2, 0.25) is 0 Å². The molecule has 1 atom stereocenters. The molecule has 0 bridgehead atoms. The van der Waals surface area contributed by atoms with Crippen LogP contribution in [-0.4, -0.2) is 43.7 Å². The van der Waals surface area contributed by atoms with E-state index in [9.17, 15) is 9.90 Å². The summed E-state index contributed by atoms with van der Waals surface area (Å²) in [7, 11) is 1.88. The van der Waals surface area contributed by atoms with Crippen molar-refractivity contribution in [2.75, 3.05) is 18.4 Å². The number of aliphatic hydroxyl groups is 1. The van der Waals surface area contributed by atoms with Crippen LogP contribution in [-0.2, 0) is 7.05 Å². The molecular weight excluding hydrogens is 350 g/mol. The normalized spacial score (nSPS) is 16.8. The number of carbonyl (C=O) groups excluding carboxylic acids is 1. The highest BCUT2D eigenvalue weighted by Crippen LogP contribution is 2.30. The molecule has 26 heavy (non-hydrogen) atoms. The van der Waals surface area contributed by atoms with Gasteiger partial charge in [0, 0.05) is 38.2 Å². The molecule has 2 aromatic heterocycles. The Bertz CT molecular complexity index is 913. The maximum absolute atomic E-state index is 12.5. The van der Waals surface area contributed by atoms with Crippen LogP contribution in [0, 0.1) is 5.92 Å². The molecule has 0 unspecified atom stereocenters. The van der Waals surface area contributed by atoms with Gasteiger partial charge in [-0.2, -0.15) is 0 Å². The molecule has 1 aliphatic heterocycles. The van der Waals surface area contributed by atoms with Crippen LogP contribution in [0.3, 0.4) is 0 Å². The van der Waals surface area contributed by atoms with E-state index in [-0.39, 0.29) is 11.9 Å². The van der Waals surface area contributed by atoms with Crippen LogP contribution >= 0.6 is 11.3 Å². The van der Waals surface area contributed by atoms with Gasteiger partial charge in [-0.25, -0.2) is 14.8 Å². The smallest absolute Gasteiger partial charge is 0.321 e. The fourth-order valence-corrected chi connectivity index (χ4v) is 4.09. The Labute approximate surface area is 155 Å². The van der Waals surface area contributed by atoms with Crippen molar-refractivity contribution >= 4 is 33.3 Å². The minimum atomic E-state index is -0.590. The van der Waals surface area contributed by atoms with E-state index in [1.54, 1.807) is 27.9 Å². The van der Waals surface area contributed by atoms with Crippen molar-refractivity contribution in [2.24, 2.45) is 13.0 Å². The van der Waals surface area contributed by atoms with Crippen molar-refractivity contribution in [3.8, 4) is 0 Å². The standard InChI is InChI=1S/C18H21N5O2S/c1-22-9-6-19-17(22)16(24)12-4-7-23(8-5-12)18(25)21-13-2-3-15-14(10-13)20-11-26-15/h2-3,6,9-12,16,24H,4-5,7-8H2,1H3,(H,21,25)/t16-/m1/s1. The summed E-state index contributed by atoms with van der Waals surface area (Å²) in [5, 5.41) is 13.5. The molecular formula is C18H21N5O2S. The van der Waals surface area contributed by atoms with E-state index in [1.165, 1.54) is 0 Å². The SMILES string of the molecule is Cn1ccnc1[C@H](O)C1CCN(C(=O)Nc2ccc3scnc3c2)CC1. The van der Waals surface area contributed by atoms with E-state index in [0.717, 1.165) is 28.7 Å². The van der Waals surface area contributed by atoms with Crippen molar-refractivity contribution in [2.45, 2.75) is 18.9 Å². The van der Waals surface area contributed by atoms with Crippen molar-refractivity contribution in [3.63, 3.8) is 0 Å². The van der Waals surface area contributed by atoms with E-state index in [2.05, 4.69) is 15.3 Å². The monoisotopic (exact) mass is 371 g/mol. The molecule has 4 rings (SSSR count). The van der Waals surface area contributed by atoms with Crippen molar-refractivity contribution < 1.29 is 9.90 Å². The molecule has 1 aliphatic rings. The number of piperidine rings is 1. The van der Waals surface area contributed by atoms with E-state index in [1.807, 2.05) is 36.0 Å². The number of aryl methyl sites for hydroxylation is 1. The molecule has 2 N–H and O–H groups in total. The average molecular weight is 371 g/mol. The van der Waals surface area contributed by atoms with Gasteiger partial charge in [-0.15, -0.1) is 11.3 Å². The first-order chi connectivity index (χ1) is 12.6. The highest BCUT2D eigenvalue weighted by atomic mass is 32.1. The zero-order chi connectivity index (χ0) is 18.1. The van der Waals surface area contributed by atoms with Gasteiger partial charge in [0.15, 0.2) is 0 Å². The number of aromatic nitrogens is 3. The van der Waals surface area contributed by atoms with Gasteiger partial charge in [-0.1, -0.05) is 0 Å². The fourth-order valence-electron chi connectivity index (χ4n) is 3.43. The third-order valence-electron chi connectivity index (χ3n) is 4.98. The van der Waals surface area contributed by atoms with Crippen molar-refractivity contribution in [1.82, 2.24) is 19.4 Å². The molecule has 8 heteroatoms. The maximum Gasteiger partial charge on any atom is 0.321 e. The quantitative estimate of drug-likeness (QED) is 0.741. The Morgan fingerprint density at radius 2 is 2.15 bits per heavy atom. The van der Waals surface area contributed by atoms with Gasteiger partial charge in [-0.05, 0) is 37.0 Å². The lowest BCUT2D eigenvalue weighted by Crippen LogP contribution is -2.42. The first-order valence-corrected chi connectivity index (χ1v) is 9.54. The zero-order valence-electron chi connectivity index (χ0n) is 14.5. The van der Waals surface area contributed by atoms with Crippen LogP contribution in [0.15, 0.2) is 36.1 Å². The number of hydrogen-bond acceptors (Lipinski definition) is 5. The lowest BCUT2D eigenvalue weighted by Gasteiger charge is -2.34. The number of benzene rings is 1. The van der Waals surface area contributed by atoms with E-state index in [4.69, 9.17) is 0 Å². The molecule has 0 aliphatic carbocycles. The molecule has 0 spiro atoms. The second-order valence-electron chi connectivity index (χ2n) is 6.63. The molecule has 1 fully saturated rings. The Hall–Kier alpha value is -2.45. The highest BCUT2D eigenvalue weighted by molar-refractivity contribution is 7.16. The van der Waals surface area contributed by atoms with E-state index < -0.39 is 6.10 Å². The number of likely N-dealkylation sites (tertiary alicyclic amines) is 1. The average Bonchev–Trinajstić information content (AvgIpc) is 3.29. The predicted octanol–water partition coefficient (Wildman–Crippen LogP) is 3.01. The van der Waals surface area contributed by atoms with E-state index in [0.29, 0.717) is 18.9 Å². The summed E-state index contributed by atoms with van der Waals surface area (Å²) in [5.74, 6) is 0.802. The molecule has 136 valence electrons. The zero-order valence-corrected chi connectivity index (χ0v) is 15.3. The number of aliphatic hydroxyl groups excluding tert-OH is 1. The number of fused-ring (bicyclic) bond motifs is 1. The van der Waals surface area contributed by atoms with Gasteiger partial charge in [0.1, 0.15) is 11.9 Å². The van der Waals surface area contributed by atoms with Crippen LogP contribution in [0.4, 0.5) is 10.5 Å². The Morgan fingerprint density at radius 1 is 1.35 bits per heavy atom. The molecule has 2 amide bonds. The molecule has 0 saturated carbocycles. The summed E-state index contributed by atoms with van der Waals surface area (Å²) in [6, 6.07) is 5.65. The molecule has 3 heterocycles. The van der Waals surface area contributed by atoms with Gasteiger partial charge < -0.3 is 19.9 Å². The predicted molar refractivity (Wildman–Crippen MR) is 101 cm³/mol. The second kappa shape index (κ2) is 7.05. The van der Waals surface area contributed by atoms with Crippen molar-refractivity contribution in [3.05, 3.63) is 41.9 Å². The molecule has 7 nitrogen and oxygen atoms in total. The highest BCUT2D eigenvalue weighted by Gasteiger charge is 2.30. The first-order valence-electron chi connectivity index (χ1n) is 8.66. The number of hydrogen-bond donors (Lipinski definition) is 2. The Kier molecular flexibility index (Phi) is 4.60. The number of amides is 2. The van der Waals surface area contributed by atoms with Gasteiger partial charge in [-0.3, -0.25) is 0 Å². The number of nitrogens with one attached hydrogen (secondary N) is 1. The largest absolute Gasteiger partial charge is 0.385 e.